The van der Waals surface area contributed by atoms with Crippen molar-refractivity contribution >= 4 is 0 Å². The van der Waals surface area contributed by atoms with Crippen molar-refractivity contribution in [2.45, 2.75) is 58.5 Å². The van der Waals surface area contributed by atoms with Crippen molar-refractivity contribution in [2.75, 3.05) is 19.7 Å². The van der Waals surface area contributed by atoms with Crippen molar-refractivity contribution < 1.29 is 4.74 Å². The monoisotopic (exact) mass is 213 g/mol. The molecule has 1 fully saturated rings. The second kappa shape index (κ2) is 8.12. The maximum atomic E-state index is 5.49. The van der Waals surface area contributed by atoms with Gasteiger partial charge in [0.05, 0.1) is 6.10 Å². The van der Waals surface area contributed by atoms with Crippen LogP contribution in [0.4, 0.5) is 0 Å². The molecule has 0 radical (unpaired) electrons. The zero-order chi connectivity index (χ0) is 10.9. The Bertz CT molecular complexity index is 141. The Morgan fingerprint density at radius 1 is 1.20 bits per heavy atom. The van der Waals surface area contributed by atoms with Crippen LogP contribution in [0.5, 0.6) is 0 Å². The first-order valence-electron chi connectivity index (χ1n) is 6.61. The summed E-state index contributed by atoms with van der Waals surface area (Å²) in [7, 11) is 0. The van der Waals surface area contributed by atoms with Crippen LogP contribution in [-0.4, -0.2) is 25.8 Å². The maximum absolute atomic E-state index is 5.49. The molecule has 0 aliphatic heterocycles. The summed E-state index contributed by atoms with van der Waals surface area (Å²) in [6.07, 6.45) is 8.63. The highest BCUT2D eigenvalue weighted by Gasteiger charge is 2.13. The largest absolute Gasteiger partial charge is 0.379 e. The standard InChI is InChI=1S/C13H27NO/c1-12(2)15-10-6-5-9-14-11-13-7-3-4-8-13/h12-14H,3-11H2,1-2H3. The molecule has 0 atom stereocenters. The van der Waals surface area contributed by atoms with Gasteiger partial charge in [-0.15, -0.1) is 0 Å². The first-order valence-corrected chi connectivity index (χ1v) is 6.61. The molecule has 0 unspecified atom stereocenters. The summed E-state index contributed by atoms with van der Waals surface area (Å²) in [4.78, 5) is 0. The summed E-state index contributed by atoms with van der Waals surface area (Å²) >= 11 is 0. The lowest BCUT2D eigenvalue weighted by Gasteiger charge is -2.10. The third-order valence-electron chi connectivity index (χ3n) is 3.11. The average molecular weight is 213 g/mol. The van der Waals surface area contributed by atoms with Crippen molar-refractivity contribution in [1.82, 2.24) is 5.32 Å². The predicted molar refractivity (Wildman–Crippen MR) is 65.1 cm³/mol. The highest BCUT2D eigenvalue weighted by Crippen LogP contribution is 2.23. The van der Waals surface area contributed by atoms with Crippen molar-refractivity contribution in [3.63, 3.8) is 0 Å². The lowest BCUT2D eigenvalue weighted by molar-refractivity contribution is 0.0760. The molecule has 0 heterocycles. The minimum absolute atomic E-state index is 0.386. The number of nitrogens with one attached hydrogen (secondary N) is 1. The second-order valence-electron chi connectivity index (χ2n) is 4.98. The molecule has 1 rings (SSSR count). The molecule has 1 aliphatic rings. The van der Waals surface area contributed by atoms with E-state index in [1.54, 1.807) is 0 Å². The van der Waals surface area contributed by atoms with Gasteiger partial charge in [-0.3, -0.25) is 0 Å². The maximum Gasteiger partial charge on any atom is 0.0518 e. The van der Waals surface area contributed by atoms with E-state index in [1.165, 1.54) is 45.1 Å². The molecule has 15 heavy (non-hydrogen) atoms. The third kappa shape index (κ3) is 6.91. The molecule has 0 aromatic carbocycles. The Balaban J connectivity index is 1.76. The second-order valence-corrected chi connectivity index (χ2v) is 4.98. The van der Waals surface area contributed by atoms with Gasteiger partial charge in [-0.25, -0.2) is 0 Å². The molecule has 0 aromatic rings. The van der Waals surface area contributed by atoms with Crippen LogP contribution in [-0.2, 0) is 4.74 Å². The Morgan fingerprint density at radius 2 is 1.93 bits per heavy atom. The van der Waals surface area contributed by atoms with Gasteiger partial charge in [-0.2, -0.15) is 0 Å². The minimum atomic E-state index is 0.386. The first-order chi connectivity index (χ1) is 7.29. The molecule has 90 valence electrons. The Hall–Kier alpha value is -0.0800. The van der Waals surface area contributed by atoms with E-state index in [9.17, 15) is 0 Å². The molecule has 0 amide bonds. The lowest BCUT2D eigenvalue weighted by Crippen LogP contribution is -2.22. The van der Waals surface area contributed by atoms with E-state index >= 15 is 0 Å². The summed E-state index contributed by atoms with van der Waals surface area (Å²) in [5.74, 6) is 0.969. The van der Waals surface area contributed by atoms with Crippen LogP contribution in [0.15, 0.2) is 0 Å². The van der Waals surface area contributed by atoms with Crippen LogP contribution in [0.2, 0.25) is 0 Å². The topological polar surface area (TPSA) is 21.3 Å². The number of rotatable bonds is 8. The van der Waals surface area contributed by atoms with Gasteiger partial charge >= 0.3 is 0 Å². The van der Waals surface area contributed by atoms with Gasteiger partial charge in [0.25, 0.3) is 0 Å². The number of ether oxygens (including phenoxy) is 1. The molecule has 2 heteroatoms. The Kier molecular flexibility index (Phi) is 7.03. The zero-order valence-electron chi connectivity index (χ0n) is 10.4. The van der Waals surface area contributed by atoms with E-state index in [0.29, 0.717) is 6.10 Å². The van der Waals surface area contributed by atoms with Gasteiger partial charge < -0.3 is 10.1 Å². The van der Waals surface area contributed by atoms with Crippen LogP contribution in [0, 0.1) is 5.92 Å². The summed E-state index contributed by atoms with van der Waals surface area (Å²) in [5.41, 5.74) is 0. The quantitative estimate of drug-likeness (QED) is 0.626. The van der Waals surface area contributed by atoms with Gasteiger partial charge in [-0.1, -0.05) is 12.8 Å². The van der Waals surface area contributed by atoms with Crippen molar-refractivity contribution in [3.05, 3.63) is 0 Å². The van der Waals surface area contributed by atoms with Gasteiger partial charge in [-0.05, 0) is 58.5 Å². The number of hydrogen-bond donors (Lipinski definition) is 1. The van der Waals surface area contributed by atoms with Crippen molar-refractivity contribution in [2.24, 2.45) is 5.92 Å². The lowest BCUT2D eigenvalue weighted by atomic mass is 10.1. The van der Waals surface area contributed by atoms with Gasteiger partial charge in [0.1, 0.15) is 0 Å². The molecule has 1 aliphatic carbocycles. The molecule has 0 saturated heterocycles. The van der Waals surface area contributed by atoms with E-state index in [2.05, 4.69) is 19.2 Å². The van der Waals surface area contributed by atoms with Crippen molar-refractivity contribution in [1.29, 1.82) is 0 Å². The summed E-state index contributed by atoms with van der Waals surface area (Å²) in [6, 6.07) is 0. The Morgan fingerprint density at radius 3 is 2.60 bits per heavy atom. The fraction of sp³-hybridized carbons (Fsp3) is 1.00. The average Bonchev–Trinajstić information content (AvgIpc) is 2.68. The van der Waals surface area contributed by atoms with E-state index in [0.717, 1.165) is 19.1 Å². The fourth-order valence-electron chi connectivity index (χ4n) is 2.19. The van der Waals surface area contributed by atoms with E-state index in [-0.39, 0.29) is 0 Å². The normalized spacial score (nSPS) is 17.8. The summed E-state index contributed by atoms with van der Waals surface area (Å²) in [6.45, 7) is 7.52. The summed E-state index contributed by atoms with van der Waals surface area (Å²) in [5, 5.41) is 3.56. The van der Waals surface area contributed by atoms with Crippen LogP contribution in [0.3, 0.4) is 0 Å². The first kappa shape index (κ1) is 13.0. The molecule has 2 nitrogen and oxygen atoms in total. The molecule has 0 bridgehead atoms. The molecular weight excluding hydrogens is 186 g/mol. The number of hydrogen-bond acceptors (Lipinski definition) is 2. The zero-order valence-corrected chi connectivity index (χ0v) is 10.4. The molecule has 0 aromatic heterocycles. The molecule has 1 saturated carbocycles. The van der Waals surface area contributed by atoms with E-state index < -0.39 is 0 Å². The summed E-state index contributed by atoms with van der Waals surface area (Å²) < 4.78 is 5.49. The fourth-order valence-corrected chi connectivity index (χ4v) is 2.19. The minimum Gasteiger partial charge on any atom is -0.379 e. The van der Waals surface area contributed by atoms with Gasteiger partial charge in [0.15, 0.2) is 0 Å². The van der Waals surface area contributed by atoms with E-state index in [1.807, 2.05) is 0 Å². The van der Waals surface area contributed by atoms with Crippen LogP contribution < -0.4 is 5.32 Å². The van der Waals surface area contributed by atoms with Crippen LogP contribution in [0.25, 0.3) is 0 Å². The van der Waals surface area contributed by atoms with E-state index in [4.69, 9.17) is 4.74 Å². The molecular formula is C13H27NO. The van der Waals surface area contributed by atoms with Gasteiger partial charge in [0, 0.05) is 6.61 Å². The van der Waals surface area contributed by atoms with Gasteiger partial charge in [0.2, 0.25) is 0 Å². The van der Waals surface area contributed by atoms with Crippen molar-refractivity contribution in [3.8, 4) is 0 Å². The third-order valence-corrected chi connectivity index (χ3v) is 3.11. The Labute approximate surface area is 94.8 Å². The number of unbranched alkanes of at least 4 members (excludes halogenated alkanes) is 1. The molecule has 0 spiro atoms. The predicted octanol–water partition coefficient (Wildman–Crippen LogP) is 2.97. The smallest absolute Gasteiger partial charge is 0.0518 e. The van der Waals surface area contributed by atoms with Crippen LogP contribution >= 0.6 is 0 Å². The molecule has 1 N–H and O–H groups in total. The van der Waals surface area contributed by atoms with Crippen LogP contribution in [0.1, 0.15) is 52.4 Å². The highest BCUT2D eigenvalue weighted by molar-refractivity contribution is 4.69. The SMILES string of the molecule is CC(C)OCCCCNCC1CCCC1. The highest BCUT2D eigenvalue weighted by atomic mass is 16.5.